The fourth-order valence-corrected chi connectivity index (χ4v) is 7.68. The lowest BCUT2D eigenvalue weighted by Gasteiger charge is -2.19. The molecule has 1 heterocycles. The smallest absolute Gasteiger partial charge is 0.0998 e. The second kappa shape index (κ2) is 11.9. The van der Waals surface area contributed by atoms with E-state index in [1.807, 2.05) is 72.8 Å². The highest BCUT2D eigenvalue weighted by atomic mass is 15.0. The summed E-state index contributed by atoms with van der Waals surface area (Å²) in [6, 6.07) is 60.1. The molecule has 234 valence electrons. The Morgan fingerprint density at radius 3 is 1.65 bits per heavy atom. The Labute approximate surface area is 294 Å². The Morgan fingerprint density at radius 1 is 0.373 bits per heavy atom. The number of hydrogen-bond donors (Lipinski definition) is 0. The third-order valence-electron chi connectivity index (χ3n) is 9.90. The van der Waals surface area contributed by atoms with E-state index in [1.54, 1.807) is 0 Å². The van der Waals surface area contributed by atoms with Crippen molar-refractivity contribution in [2.75, 3.05) is 0 Å². The molecule has 0 saturated carbocycles. The highest BCUT2D eigenvalue weighted by molar-refractivity contribution is 6.21. The molecule has 0 atom stereocenters. The van der Waals surface area contributed by atoms with E-state index in [2.05, 4.69) is 108 Å². The van der Waals surface area contributed by atoms with Crippen LogP contribution in [0.3, 0.4) is 0 Å². The van der Waals surface area contributed by atoms with Crippen molar-refractivity contribution >= 4 is 43.4 Å². The van der Waals surface area contributed by atoms with Crippen molar-refractivity contribution in [1.29, 1.82) is 15.8 Å². The Kier molecular flexibility index (Phi) is 6.93. The lowest BCUT2D eigenvalue weighted by atomic mass is 9.84. The molecule has 0 N–H and O–H groups in total. The van der Waals surface area contributed by atoms with Gasteiger partial charge in [0, 0.05) is 27.6 Å². The molecule has 0 bridgehead atoms. The van der Waals surface area contributed by atoms with Crippen LogP contribution < -0.4 is 0 Å². The highest BCUT2D eigenvalue weighted by Gasteiger charge is 2.20. The summed E-state index contributed by atoms with van der Waals surface area (Å²) in [5, 5.41) is 37.0. The van der Waals surface area contributed by atoms with Crippen LogP contribution in [0.4, 0.5) is 0 Å². The number of hydrogen-bond acceptors (Lipinski definition) is 3. The molecular formula is C47H26N4. The Balaban J connectivity index is 1.26. The first-order valence-corrected chi connectivity index (χ1v) is 16.7. The number of nitriles is 3. The quantitative estimate of drug-likeness (QED) is 0.179. The number of benzene rings is 8. The molecule has 0 amide bonds. The molecule has 4 nitrogen and oxygen atoms in total. The molecule has 0 aliphatic heterocycles. The fraction of sp³-hybridized carbons (Fsp3) is 0. The van der Waals surface area contributed by atoms with Crippen molar-refractivity contribution < 1.29 is 0 Å². The van der Waals surface area contributed by atoms with Crippen LogP contribution in [0.2, 0.25) is 0 Å². The fourth-order valence-electron chi connectivity index (χ4n) is 7.68. The molecule has 0 fully saturated rings. The number of para-hydroxylation sites is 1. The predicted molar refractivity (Wildman–Crippen MR) is 206 cm³/mol. The van der Waals surface area contributed by atoms with Crippen LogP contribution in [-0.4, -0.2) is 4.57 Å². The summed E-state index contributed by atoms with van der Waals surface area (Å²) in [4.78, 5) is 0. The molecule has 0 saturated heterocycles. The predicted octanol–water partition coefficient (Wildman–Crippen LogP) is 11.7. The summed E-state index contributed by atoms with van der Waals surface area (Å²) in [6.07, 6.45) is 0. The van der Waals surface area contributed by atoms with Gasteiger partial charge in [-0.1, -0.05) is 109 Å². The average molecular weight is 647 g/mol. The summed E-state index contributed by atoms with van der Waals surface area (Å²) in [5.41, 5.74) is 10.2. The van der Waals surface area contributed by atoms with E-state index in [0.717, 1.165) is 76.9 Å². The van der Waals surface area contributed by atoms with Gasteiger partial charge in [0.25, 0.3) is 0 Å². The minimum Gasteiger partial charge on any atom is -0.309 e. The van der Waals surface area contributed by atoms with Crippen LogP contribution in [0.25, 0.3) is 82.4 Å². The van der Waals surface area contributed by atoms with E-state index in [-0.39, 0.29) is 0 Å². The molecule has 0 unspecified atom stereocenters. The van der Waals surface area contributed by atoms with Gasteiger partial charge in [0.1, 0.15) is 0 Å². The minimum atomic E-state index is 0.519. The van der Waals surface area contributed by atoms with Gasteiger partial charge in [0.2, 0.25) is 0 Å². The maximum Gasteiger partial charge on any atom is 0.0998 e. The van der Waals surface area contributed by atoms with E-state index in [0.29, 0.717) is 16.7 Å². The SMILES string of the molecule is N#Cc1ccc2c(c1)c1ccccc1n2-c1ccc(C#N)c(-c2ccc(-c3c4ccccc4c(-c4ccccc4)c4ccccc34)c(C#N)c2)c1. The van der Waals surface area contributed by atoms with E-state index in [4.69, 9.17) is 0 Å². The Morgan fingerprint density at radius 2 is 0.980 bits per heavy atom. The first kappa shape index (κ1) is 29.7. The van der Waals surface area contributed by atoms with Crippen LogP contribution in [-0.2, 0) is 0 Å². The maximum absolute atomic E-state index is 10.7. The Hall–Kier alpha value is -7.45. The molecular weight excluding hydrogens is 621 g/mol. The second-order valence-corrected chi connectivity index (χ2v) is 12.6. The van der Waals surface area contributed by atoms with Crippen LogP contribution in [0.15, 0.2) is 158 Å². The van der Waals surface area contributed by atoms with E-state index >= 15 is 0 Å². The zero-order valence-electron chi connectivity index (χ0n) is 27.3. The molecule has 4 heteroatoms. The van der Waals surface area contributed by atoms with Gasteiger partial charge in [-0.3, -0.25) is 0 Å². The van der Waals surface area contributed by atoms with E-state index < -0.39 is 0 Å². The number of aromatic nitrogens is 1. The third kappa shape index (κ3) is 4.66. The van der Waals surface area contributed by atoms with Crippen molar-refractivity contribution in [3.63, 3.8) is 0 Å². The monoisotopic (exact) mass is 646 g/mol. The average Bonchev–Trinajstić information content (AvgIpc) is 3.53. The van der Waals surface area contributed by atoms with Crippen molar-refractivity contribution in [2.45, 2.75) is 0 Å². The first-order valence-electron chi connectivity index (χ1n) is 16.7. The van der Waals surface area contributed by atoms with Gasteiger partial charge in [0.05, 0.1) is 45.9 Å². The number of rotatable bonds is 4. The summed E-state index contributed by atoms with van der Waals surface area (Å²) < 4.78 is 2.17. The van der Waals surface area contributed by atoms with E-state index in [9.17, 15) is 15.8 Å². The molecule has 51 heavy (non-hydrogen) atoms. The van der Waals surface area contributed by atoms with Crippen LogP contribution >= 0.6 is 0 Å². The topological polar surface area (TPSA) is 76.3 Å². The number of fused-ring (bicyclic) bond motifs is 5. The lowest BCUT2D eigenvalue weighted by molar-refractivity contribution is 1.18. The first-order chi connectivity index (χ1) is 25.2. The van der Waals surface area contributed by atoms with Gasteiger partial charge in [-0.05, 0) is 92.3 Å². The maximum atomic E-state index is 10.7. The third-order valence-corrected chi connectivity index (χ3v) is 9.90. The van der Waals surface area contributed by atoms with Crippen molar-refractivity contribution in [3.05, 3.63) is 174 Å². The van der Waals surface area contributed by atoms with Crippen LogP contribution in [0.1, 0.15) is 16.7 Å². The van der Waals surface area contributed by atoms with Gasteiger partial charge in [-0.2, -0.15) is 15.8 Å². The molecule has 9 aromatic rings. The summed E-state index contributed by atoms with van der Waals surface area (Å²) >= 11 is 0. The minimum absolute atomic E-state index is 0.519. The van der Waals surface area contributed by atoms with Gasteiger partial charge < -0.3 is 4.57 Å². The molecule has 0 aliphatic rings. The normalized spacial score (nSPS) is 11.1. The second-order valence-electron chi connectivity index (χ2n) is 12.6. The highest BCUT2D eigenvalue weighted by Crippen LogP contribution is 2.45. The van der Waals surface area contributed by atoms with Crippen molar-refractivity contribution in [1.82, 2.24) is 4.57 Å². The van der Waals surface area contributed by atoms with E-state index in [1.165, 1.54) is 5.56 Å². The zero-order valence-corrected chi connectivity index (χ0v) is 27.3. The van der Waals surface area contributed by atoms with Gasteiger partial charge in [0.15, 0.2) is 0 Å². The summed E-state index contributed by atoms with van der Waals surface area (Å²) in [7, 11) is 0. The van der Waals surface area contributed by atoms with Gasteiger partial charge in [-0.15, -0.1) is 0 Å². The Bertz CT molecular complexity index is 2940. The summed E-state index contributed by atoms with van der Waals surface area (Å²) in [5.74, 6) is 0. The van der Waals surface area contributed by atoms with Crippen molar-refractivity contribution in [3.8, 4) is 57.3 Å². The standard InChI is InChI=1S/C47H26N4/c48-27-30-18-23-45-43(24-30)37-12-8-9-17-44(37)51(45)35-21-19-33(28-49)42(26-35)32-20-22-36(34(25-32)29-50)47-40-15-6-4-13-38(40)46(31-10-2-1-3-11-31)39-14-5-7-16-41(39)47/h1-26H. The molecule has 1 aromatic heterocycles. The largest absolute Gasteiger partial charge is 0.309 e. The van der Waals surface area contributed by atoms with Crippen LogP contribution in [0.5, 0.6) is 0 Å². The summed E-state index contributed by atoms with van der Waals surface area (Å²) in [6.45, 7) is 0. The van der Waals surface area contributed by atoms with Gasteiger partial charge in [-0.25, -0.2) is 0 Å². The molecule has 9 rings (SSSR count). The molecule has 0 aliphatic carbocycles. The molecule has 0 radical (unpaired) electrons. The lowest BCUT2D eigenvalue weighted by Crippen LogP contribution is -1.97. The van der Waals surface area contributed by atoms with Crippen molar-refractivity contribution in [2.24, 2.45) is 0 Å². The van der Waals surface area contributed by atoms with Gasteiger partial charge >= 0.3 is 0 Å². The van der Waals surface area contributed by atoms with Crippen LogP contribution in [0, 0.1) is 34.0 Å². The molecule has 0 spiro atoms. The number of nitrogens with zero attached hydrogens (tertiary/aromatic N) is 4. The zero-order chi connectivity index (χ0) is 34.5. The molecule has 8 aromatic carbocycles.